The Labute approximate surface area is 268 Å². The summed E-state index contributed by atoms with van der Waals surface area (Å²) < 4.78 is 43.2. The monoisotopic (exact) mass is 668 g/mol. The third-order valence-electron chi connectivity index (χ3n) is 8.38. The molecule has 3 aromatic heterocycles. The smallest absolute Gasteiger partial charge is 0.355 e. The topological polar surface area (TPSA) is 122 Å². The molecule has 4 aromatic rings. The minimum atomic E-state index is -2.75. The second-order valence-electron chi connectivity index (χ2n) is 12.2. The number of carbonyl (C=O) groups excluding carboxylic acids is 1. The van der Waals surface area contributed by atoms with Gasteiger partial charge in [0.05, 0.1) is 33.0 Å². The van der Waals surface area contributed by atoms with Crippen LogP contribution in [0.1, 0.15) is 36.9 Å². The maximum Gasteiger partial charge on any atom is 0.355 e. The average Bonchev–Trinajstić information content (AvgIpc) is 3.82. The van der Waals surface area contributed by atoms with Crippen LogP contribution < -0.4 is 16.0 Å². The van der Waals surface area contributed by atoms with Gasteiger partial charge in [0.15, 0.2) is 11.5 Å². The number of nitrogens with zero attached hydrogens (tertiary/aromatic N) is 6. The van der Waals surface area contributed by atoms with Crippen LogP contribution in [0.4, 0.5) is 14.6 Å². The van der Waals surface area contributed by atoms with E-state index in [1.165, 1.54) is 33.7 Å². The molecule has 46 heavy (non-hydrogen) atoms. The van der Waals surface area contributed by atoms with E-state index in [4.69, 9.17) is 21.6 Å². The van der Waals surface area contributed by atoms with Crippen molar-refractivity contribution in [1.29, 1.82) is 0 Å². The van der Waals surface area contributed by atoms with E-state index in [0.29, 0.717) is 27.8 Å². The molecule has 240 valence electrons. The van der Waals surface area contributed by atoms with Gasteiger partial charge < -0.3 is 19.5 Å². The zero-order valence-corrected chi connectivity index (χ0v) is 27.4. The summed E-state index contributed by atoms with van der Waals surface area (Å²) in [5, 5.41) is 11.0. The van der Waals surface area contributed by atoms with Gasteiger partial charge in [-0.3, -0.25) is 4.79 Å². The SMILES string of the molecule is C=C(F)C(=O)N1CCN(c2nc(=O)n(-c3c(C)cc(P(C)(C)=O)nc3C3CC3)c3nc(-c4c(O)cccc4F)c(Cl)cc23)[C@@H](C)C1. The fourth-order valence-corrected chi connectivity index (χ4v) is 7.06. The van der Waals surface area contributed by atoms with E-state index in [9.17, 15) is 23.7 Å². The number of piperazine rings is 1. The van der Waals surface area contributed by atoms with Crippen LogP contribution in [-0.4, -0.2) is 74.4 Å². The summed E-state index contributed by atoms with van der Waals surface area (Å²) in [4.78, 5) is 43.7. The number of carbonyl (C=O) groups is 1. The van der Waals surface area contributed by atoms with Gasteiger partial charge in [-0.2, -0.15) is 4.98 Å². The summed E-state index contributed by atoms with van der Waals surface area (Å²) in [5.74, 6) is -2.75. The van der Waals surface area contributed by atoms with Crippen LogP contribution in [0.25, 0.3) is 28.0 Å². The Morgan fingerprint density at radius 1 is 1.15 bits per heavy atom. The summed E-state index contributed by atoms with van der Waals surface area (Å²) in [7, 11) is -2.75. The number of fused-ring (bicyclic) bond motifs is 1. The number of halogens is 3. The molecule has 1 amide bonds. The van der Waals surface area contributed by atoms with Gasteiger partial charge in [0.2, 0.25) is 0 Å². The molecule has 1 saturated carbocycles. The second-order valence-corrected chi connectivity index (χ2v) is 15.8. The van der Waals surface area contributed by atoms with Crippen molar-refractivity contribution in [3.63, 3.8) is 0 Å². The van der Waals surface area contributed by atoms with E-state index in [1.54, 1.807) is 26.3 Å². The molecule has 1 aliphatic carbocycles. The number of rotatable bonds is 6. The number of aromatic nitrogens is 4. The van der Waals surface area contributed by atoms with Crippen molar-refractivity contribution < 1.29 is 23.2 Å². The van der Waals surface area contributed by atoms with Crippen LogP contribution >= 0.6 is 18.7 Å². The van der Waals surface area contributed by atoms with Crippen molar-refractivity contribution >= 4 is 46.9 Å². The molecule has 10 nitrogen and oxygen atoms in total. The van der Waals surface area contributed by atoms with Crippen molar-refractivity contribution in [3.05, 3.63) is 75.3 Å². The molecule has 2 aliphatic rings. The Bertz CT molecular complexity index is 2040. The minimum Gasteiger partial charge on any atom is -0.507 e. The molecule has 4 heterocycles. The first-order chi connectivity index (χ1) is 21.7. The van der Waals surface area contributed by atoms with Gasteiger partial charge in [-0.15, -0.1) is 0 Å². The van der Waals surface area contributed by atoms with Gasteiger partial charge in [-0.25, -0.2) is 28.1 Å². The highest BCUT2D eigenvalue weighted by atomic mass is 35.5. The van der Waals surface area contributed by atoms with Gasteiger partial charge >= 0.3 is 5.69 Å². The zero-order chi connectivity index (χ0) is 33.2. The molecule has 0 unspecified atom stereocenters. The van der Waals surface area contributed by atoms with Gasteiger partial charge in [0.1, 0.15) is 30.0 Å². The van der Waals surface area contributed by atoms with Crippen LogP contribution in [0.15, 0.2) is 47.5 Å². The highest BCUT2D eigenvalue weighted by molar-refractivity contribution is 7.69. The van der Waals surface area contributed by atoms with Crippen LogP contribution in [0.2, 0.25) is 5.02 Å². The summed E-state index contributed by atoms with van der Waals surface area (Å²) in [6, 6.07) is 6.66. The third kappa shape index (κ3) is 5.58. The molecule has 0 radical (unpaired) electrons. The molecular weight excluding hydrogens is 637 g/mol. The fraction of sp³-hybridized carbons (Fsp3) is 0.344. The van der Waals surface area contributed by atoms with Crippen LogP contribution in [0.3, 0.4) is 0 Å². The molecule has 6 rings (SSSR count). The molecule has 1 N–H and O–H groups in total. The number of anilines is 1. The standard InChI is InChI=1S/C32H32ClF2N6O4P/c1-16-13-24(46(4,5)45)36-26(19-9-10-19)28(16)41-30-20(14-21(33)27(37-30)25-22(35)7-6-8-23(25)42)29(38-32(41)44)40-12-11-39(15-17(40)2)31(43)18(3)34/h6-8,13-14,17,19,42H,3,9-12,15H2,1-2,4-5H3/t17-/m0/s1. The van der Waals surface area contributed by atoms with Gasteiger partial charge in [0.25, 0.3) is 5.91 Å². The molecule has 1 aliphatic heterocycles. The van der Waals surface area contributed by atoms with E-state index in [2.05, 4.69) is 11.6 Å². The van der Waals surface area contributed by atoms with Crippen LogP contribution in [0, 0.1) is 12.7 Å². The lowest BCUT2D eigenvalue weighted by Gasteiger charge is -2.40. The van der Waals surface area contributed by atoms with Gasteiger partial charge in [-0.1, -0.05) is 24.2 Å². The summed E-state index contributed by atoms with van der Waals surface area (Å²) in [6.45, 7) is 10.5. The van der Waals surface area contributed by atoms with Crippen LogP contribution in [0.5, 0.6) is 5.75 Å². The minimum absolute atomic E-state index is 0.00172. The number of phenolic OH excluding ortho intramolecular Hbond substituents is 1. The number of hydrogen-bond acceptors (Lipinski definition) is 8. The van der Waals surface area contributed by atoms with E-state index >= 15 is 4.39 Å². The van der Waals surface area contributed by atoms with Crippen molar-refractivity contribution in [2.24, 2.45) is 0 Å². The number of benzene rings is 1. The molecule has 14 heteroatoms. The number of pyridine rings is 2. The molecule has 1 atom stereocenters. The maximum atomic E-state index is 15.1. The number of phenols is 1. The summed E-state index contributed by atoms with van der Waals surface area (Å²) in [6.07, 6.45) is 1.66. The molecular formula is C32H32ClF2N6O4P. The first kappa shape index (κ1) is 31.8. The Balaban J connectivity index is 1.64. The summed E-state index contributed by atoms with van der Waals surface area (Å²) >= 11 is 6.74. The molecule has 1 saturated heterocycles. The maximum absolute atomic E-state index is 15.1. The lowest BCUT2D eigenvalue weighted by molar-refractivity contribution is -0.129. The lowest BCUT2D eigenvalue weighted by atomic mass is 10.1. The van der Waals surface area contributed by atoms with Gasteiger partial charge in [0, 0.05) is 31.6 Å². The number of amides is 1. The number of hydrogen-bond donors (Lipinski definition) is 1. The molecule has 1 aromatic carbocycles. The van der Waals surface area contributed by atoms with Gasteiger partial charge in [-0.05, 0) is 69.8 Å². The number of aryl methyl sites for hydroxylation is 1. The fourth-order valence-electron chi connectivity index (χ4n) is 5.96. The number of aromatic hydroxyl groups is 1. The van der Waals surface area contributed by atoms with Crippen molar-refractivity contribution in [2.75, 3.05) is 37.9 Å². The Kier molecular flexibility index (Phi) is 8.01. The summed E-state index contributed by atoms with van der Waals surface area (Å²) in [5.41, 5.74) is 1.20. The van der Waals surface area contributed by atoms with Crippen molar-refractivity contribution in [2.45, 2.75) is 38.6 Å². The highest BCUT2D eigenvalue weighted by Crippen LogP contribution is 2.45. The van der Waals surface area contributed by atoms with E-state index < -0.39 is 36.4 Å². The Morgan fingerprint density at radius 3 is 2.48 bits per heavy atom. The Hall–Kier alpha value is -4.15. The van der Waals surface area contributed by atoms with E-state index in [1.807, 2.05) is 11.8 Å². The lowest BCUT2D eigenvalue weighted by Crippen LogP contribution is -2.54. The first-order valence-corrected chi connectivity index (χ1v) is 17.7. The van der Waals surface area contributed by atoms with E-state index in [0.717, 1.165) is 12.8 Å². The quantitative estimate of drug-likeness (QED) is 0.217. The second kappa shape index (κ2) is 11.6. The molecule has 0 bridgehead atoms. The van der Waals surface area contributed by atoms with Crippen LogP contribution in [-0.2, 0) is 9.36 Å². The Morgan fingerprint density at radius 2 is 1.87 bits per heavy atom. The molecule has 0 spiro atoms. The third-order valence-corrected chi connectivity index (χ3v) is 10.0. The van der Waals surface area contributed by atoms with Crippen molar-refractivity contribution in [3.8, 4) is 22.7 Å². The zero-order valence-electron chi connectivity index (χ0n) is 25.7. The highest BCUT2D eigenvalue weighted by Gasteiger charge is 2.35. The normalized spacial score (nSPS) is 17.1. The average molecular weight is 669 g/mol. The first-order valence-electron chi connectivity index (χ1n) is 14.8. The van der Waals surface area contributed by atoms with E-state index in [-0.39, 0.29) is 59.0 Å². The predicted octanol–water partition coefficient (Wildman–Crippen LogP) is 5.29. The molecule has 2 fully saturated rings. The van der Waals surface area contributed by atoms with Crippen molar-refractivity contribution in [1.82, 2.24) is 24.4 Å². The predicted molar refractivity (Wildman–Crippen MR) is 174 cm³/mol. The largest absolute Gasteiger partial charge is 0.507 e.